The molecule has 0 aromatic heterocycles. The number of carbonyl (C=O) groups is 2. The van der Waals surface area contributed by atoms with E-state index in [-0.39, 0.29) is 23.3 Å². The van der Waals surface area contributed by atoms with E-state index in [1.54, 1.807) is 0 Å². The van der Waals surface area contributed by atoms with Crippen molar-refractivity contribution in [2.75, 3.05) is 53.0 Å². The Labute approximate surface area is 151 Å². The van der Waals surface area contributed by atoms with Crippen molar-refractivity contribution in [2.45, 2.75) is 45.6 Å². The number of ether oxygens (including phenoxy) is 1. The Balaban J connectivity index is 1.56. The van der Waals surface area contributed by atoms with Crippen LogP contribution in [0.25, 0.3) is 0 Å². The molecule has 0 radical (unpaired) electrons. The molecule has 0 aromatic carbocycles. The van der Waals surface area contributed by atoms with Gasteiger partial charge in [-0.15, -0.1) is 0 Å². The van der Waals surface area contributed by atoms with Crippen LogP contribution in [0.1, 0.15) is 39.5 Å². The molecule has 3 fully saturated rings. The van der Waals surface area contributed by atoms with Crippen LogP contribution in [0, 0.1) is 11.3 Å². The number of piperidine rings is 1. The lowest BCUT2D eigenvalue weighted by Gasteiger charge is -2.39. The molecule has 3 rings (SSSR count). The van der Waals surface area contributed by atoms with Crippen molar-refractivity contribution in [1.82, 2.24) is 14.7 Å². The molecule has 0 bridgehead atoms. The van der Waals surface area contributed by atoms with Crippen LogP contribution in [0.15, 0.2) is 0 Å². The molecule has 0 aliphatic carbocycles. The molecular formula is C19H33N3O3. The highest BCUT2D eigenvalue weighted by molar-refractivity contribution is 5.82. The molecular weight excluding hydrogens is 318 g/mol. The third-order valence-corrected chi connectivity index (χ3v) is 6.11. The van der Waals surface area contributed by atoms with E-state index in [1.807, 2.05) is 9.80 Å². The number of nitrogens with zero attached hydrogens (tertiary/aromatic N) is 3. The number of hydrogen-bond donors (Lipinski definition) is 0. The van der Waals surface area contributed by atoms with Crippen molar-refractivity contribution in [2.24, 2.45) is 11.3 Å². The van der Waals surface area contributed by atoms with Gasteiger partial charge in [-0.25, -0.2) is 0 Å². The first kappa shape index (κ1) is 18.6. The molecule has 0 aromatic rings. The summed E-state index contributed by atoms with van der Waals surface area (Å²) in [6, 6.07) is -0.00369. The van der Waals surface area contributed by atoms with E-state index in [9.17, 15) is 9.59 Å². The number of carbonyl (C=O) groups excluding carboxylic acids is 2. The maximum atomic E-state index is 12.9. The maximum Gasteiger partial charge on any atom is 0.240 e. The molecule has 3 aliphatic heterocycles. The SMILES string of the molecule is CC(C)CC(=O)N1CCC2(CC1)CC(C(=O)N1CCOCC1)N(C)C2. The molecule has 142 valence electrons. The van der Waals surface area contributed by atoms with Crippen molar-refractivity contribution in [1.29, 1.82) is 0 Å². The highest BCUT2D eigenvalue weighted by Crippen LogP contribution is 2.43. The minimum absolute atomic E-state index is 0.00369. The number of hydrogen-bond acceptors (Lipinski definition) is 4. The average molecular weight is 351 g/mol. The van der Waals surface area contributed by atoms with E-state index in [1.165, 1.54) is 0 Å². The fourth-order valence-corrected chi connectivity index (χ4v) is 4.61. The number of likely N-dealkylation sites (tertiary alicyclic amines) is 2. The second-order valence-corrected chi connectivity index (χ2v) is 8.55. The molecule has 6 nitrogen and oxygen atoms in total. The lowest BCUT2D eigenvalue weighted by Crippen LogP contribution is -2.48. The van der Waals surface area contributed by atoms with Crippen LogP contribution in [-0.4, -0.2) is 85.5 Å². The van der Waals surface area contributed by atoms with Crippen LogP contribution in [0.4, 0.5) is 0 Å². The summed E-state index contributed by atoms with van der Waals surface area (Å²) in [7, 11) is 2.08. The van der Waals surface area contributed by atoms with Gasteiger partial charge in [-0.1, -0.05) is 13.8 Å². The van der Waals surface area contributed by atoms with Crippen molar-refractivity contribution in [3.05, 3.63) is 0 Å². The van der Waals surface area contributed by atoms with Gasteiger partial charge in [0.25, 0.3) is 0 Å². The third-order valence-electron chi connectivity index (χ3n) is 6.11. The van der Waals surface area contributed by atoms with Gasteiger partial charge >= 0.3 is 0 Å². The molecule has 1 spiro atoms. The Hall–Kier alpha value is -1.14. The summed E-state index contributed by atoms with van der Waals surface area (Å²) in [5.41, 5.74) is 0.204. The van der Waals surface area contributed by atoms with E-state index < -0.39 is 0 Å². The number of amides is 2. The lowest BCUT2D eigenvalue weighted by atomic mass is 9.76. The van der Waals surface area contributed by atoms with E-state index in [2.05, 4.69) is 25.8 Å². The highest BCUT2D eigenvalue weighted by atomic mass is 16.5. The van der Waals surface area contributed by atoms with Gasteiger partial charge < -0.3 is 14.5 Å². The zero-order chi connectivity index (χ0) is 18.0. The standard InChI is InChI=1S/C19H33N3O3/c1-15(2)12-17(23)21-6-4-19(5-7-21)13-16(20(3)14-19)18(24)22-8-10-25-11-9-22/h15-16H,4-14H2,1-3H3. The van der Waals surface area contributed by atoms with Gasteiger partial charge in [-0.3, -0.25) is 14.5 Å². The second-order valence-electron chi connectivity index (χ2n) is 8.55. The summed E-state index contributed by atoms with van der Waals surface area (Å²) < 4.78 is 5.37. The number of morpholine rings is 1. The summed E-state index contributed by atoms with van der Waals surface area (Å²) in [6.07, 6.45) is 3.62. The molecule has 0 saturated carbocycles. The largest absolute Gasteiger partial charge is 0.378 e. The zero-order valence-electron chi connectivity index (χ0n) is 16.0. The summed E-state index contributed by atoms with van der Waals surface area (Å²) in [5.74, 6) is 0.967. The highest BCUT2D eigenvalue weighted by Gasteiger charge is 2.47. The normalized spacial score (nSPS) is 27.3. The van der Waals surface area contributed by atoms with Gasteiger partial charge in [0.1, 0.15) is 0 Å². The molecule has 1 atom stereocenters. The lowest BCUT2D eigenvalue weighted by molar-refractivity contribution is -0.140. The summed E-state index contributed by atoms with van der Waals surface area (Å²) in [4.78, 5) is 31.4. The van der Waals surface area contributed by atoms with Crippen LogP contribution in [-0.2, 0) is 14.3 Å². The first-order valence-electron chi connectivity index (χ1n) is 9.75. The fraction of sp³-hybridized carbons (Fsp3) is 0.895. The Bertz CT molecular complexity index is 494. The first-order valence-corrected chi connectivity index (χ1v) is 9.75. The Morgan fingerprint density at radius 3 is 2.32 bits per heavy atom. The Morgan fingerprint density at radius 2 is 1.72 bits per heavy atom. The Kier molecular flexibility index (Phi) is 5.68. The van der Waals surface area contributed by atoms with Gasteiger partial charge in [0, 0.05) is 39.1 Å². The minimum atomic E-state index is -0.00369. The fourth-order valence-electron chi connectivity index (χ4n) is 4.61. The van der Waals surface area contributed by atoms with Gasteiger partial charge in [0.15, 0.2) is 0 Å². The van der Waals surface area contributed by atoms with E-state index >= 15 is 0 Å². The van der Waals surface area contributed by atoms with Crippen LogP contribution < -0.4 is 0 Å². The van der Waals surface area contributed by atoms with Crippen LogP contribution in [0.2, 0.25) is 0 Å². The zero-order valence-corrected chi connectivity index (χ0v) is 16.0. The molecule has 3 heterocycles. The van der Waals surface area contributed by atoms with E-state index in [4.69, 9.17) is 4.74 Å². The summed E-state index contributed by atoms with van der Waals surface area (Å²) in [6.45, 7) is 9.59. The summed E-state index contributed by atoms with van der Waals surface area (Å²) >= 11 is 0. The van der Waals surface area contributed by atoms with Crippen molar-refractivity contribution < 1.29 is 14.3 Å². The second kappa shape index (κ2) is 7.62. The monoisotopic (exact) mass is 351 g/mol. The first-order chi connectivity index (χ1) is 11.9. The number of rotatable bonds is 3. The van der Waals surface area contributed by atoms with Crippen molar-refractivity contribution in [3.8, 4) is 0 Å². The van der Waals surface area contributed by atoms with Gasteiger partial charge in [-0.05, 0) is 37.6 Å². The quantitative estimate of drug-likeness (QED) is 0.767. The van der Waals surface area contributed by atoms with Crippen LogP contribution in [0.3, 0.4) is 0 Å². The van der Waals surface area contributed by atoms with E-state index in [0.717, 1.165) is 38.9 Å². The predicted octanol–water partition coefficient (Wildman–Crippen LogP) is 1.20. The molecule has 1 unspecified atom stereocenters. The van der Waals surface area contributed by atoms with E-state index in [0.29, 0.717) is 38.6 Å². The average Bonchev–Trinajstić information content (AvgIpc) is 2.91. The van der Waals surface area contributed by atoms with Crippen LogP contribution in [0.5, 0.6) is 0 Å². The topological polar surface area (TPSA) is 53.1 Å². The summed E-state index contributed by atoms with van der Waals surface area (Å²) in [5, 5.41) is 0. The van der Waals surface area contributed by atoms with Crippen LogP contribution >= 0.6 is 0 Å². The predicted molar refractivity (Wildman–Crippen MR) is 96.1 cm³/mol. The van der Waals surface area contributed by atoms with Crippen molar-refractivity contribution >= 4 is 11.8 Å². The van der Waals surface area contributed by atoms with Gasteiger partial charge in [-0.2, -0.15) is 0 Å². The Morgan fingerprint density at radius 1 is 1.08 bits per heavy atom. The van der Waals surface area contributed by atoms with Gasteiger partial charge in [0.2, 0.25) is 11.8 Å². The van der Waals surface area contributed by atoms with Gasteiger partial charge in [0.05, 0.1) is 19.3 Å². The molecule has 6 heteroatoms. The molecule has 2 amide bonds. The molecule has 3 aliphatic rings. The third kappa shape index (κ3) is 4.17. The number of likely N-dealkylation sites (N-methyl/N-ethyl adjacent to an activating group) is 1. The minimum Gasteiger partial charge on any atom is -0.378 e. The maximum absolute atomic E-state index is 12.9. The van der Waals surface area contributed by atoms with Crippen molar-refractivity contribution in [3.63, 3.8) is 0 Å². The smallest absolute Gasteiger partial charge is 0.240 e. The molecule has 0 N–H and O–H groups in total. The molecule has 25 heavy (non-hydrogen) atoms. The molecule has 3 saturated heterocycles.